The van der Waals surface area contributed by atoms with Gasteiger partial charge in [-0.15, -0.1) is 0 Å². The van der Waals surface area contributed by atoms with Gasteiger partial charge in [0.25, 0.3) is 0 Å². The van der Waals surface area contributed by atoms with Crippen molar-refractivity contribution in [1.29, 1.82) is 0 Å². The number of hydrogen-bond donors (Lipinski definition) is 1. The van der Waals surface area contributed by atoms with Gasteiger partial charge in [0, 0.05) is 19.1 Å². The van der Waals surface area contributed by atoms with Crippen molar-refractivity contribution >= 4 is 11.5 Å². The Morgan fingerprint density at radius 2 is 1.95 bits per heavy atom. The number of nitrogen functional groups attached to an aromatic ring is 1. The Morgan fingerprint density at radius 1 is 1.32 bits per heavy atom. The number of nitrogens with two attached hydrogens (primary N) is 1. The van der Waals surface area contributed by atoms with E-state index in [-0.39, 0.29) is 0 Å². The average Bonchev–Trinajstić information content (AvgIpc) is 2.84. The zero-order valence-corrected chi connectivity index (χ0v) is 13.2. The summed E-state index contributed by atoms with van der Waals surface area (Å²) in [6, 6.07) is 0.347. The highest BCUT2D eigenvalue weighted by Crippen LogP contribution is 2.38. The third kappa shape index (κ3) is 2.58. The molecule has 1 aromatic rings. The van der Waals surface area contributed by atoms with E-state index >= 15 is 0 Å². The lowest BCUT2D eigenvalue weighted by atomic mass is 9.80. The van der Waals surface area contributed by atoms with Gasteiger partial charge in [0.1, 0.15) is 0 Å². The fourth-order valence-corrected chi connectivity index (χ4v) is 2.88. The van der Waals surface area contributed by atoms with Gasteiger partial charge in [0.15, 0.2) is 5.82 Å². The molecule has 108 valence electrons. The molecule has 1 saturated heterocycles. The van der Waals surface area contributed by atoms with E-state index in [2.05, 4.69) is 49.3 Å². The first-order valence-electron chi connectivity index (χ1n) is 7.31. The minimum Gasteiger partial charge on any atom is -0.394 e. The van der Waals surface area contributed by atoms with E-state index in [9.17, 15) is 0 Å². The van der Waals surface area contributed by atoms with Gasteiger partial charge in [0.05, 0.1) is 11.4 Å². The summed E-state index contributed by atoms with van der Waals surface area (Å²) < 4.78 is 2.08. The summed E-state index contributed by atoms with van der Waals surface area (Å²) in [7, 11) is 0. The lowest BCUT2D eigenvalue weighted by molar-refractivity contribution is 0.263. The van der Waals surface area contributed by atoms with Crippen LogP contribution in [0.2, 0.25) is 0 Å². The maximum Gasteiger partial charge on any atom is 0.150 e. The highest BCUT2D eigenvalue weighted by molar-refractivity contribution is 5.66. The summed E-state index contributed by atoms with van der Waals surface area (Å²) in [5, 5.41) is 4.59. The van der Waals surface area contributed by atoms with Crippen LogP contribution in [0.25, 0.3) is 0 Å². The van der Waals surface area contributed by atoms with Gasteiger partial charge in [-0.3, -0.25) is 0 Å². The zero-order valence-electron chi connectivity index (χ0n) is 13.2. The van der Waals surface area contributed by atoms with Gasteiger partial charge >= 0.3 is 0 Å². The molecule has 0 bridgehead atoms. The molecular weight excluding hydrogens is 236 g/mol. The van der Waals surface area contributed by atoms with Crippen LogP contribution in [0, 0.1) is 18.3 Å². The first-order valence-corrected chi connectivity index (χ1v) is 7.31. The van der Waals surface area contributed by atoms with Crippen LogP contribution in [-0.4, -0.2) is 22.9 Å². The van der Waals surface area contributed by atoms with Crippen LogP contribution in [0.5, 0.6) is 0 Å². The second-order valence-electron chi connectivity index (χ2n) is 7.16. The molecule has 1 atom stereocenters. The zero-order chi connectivity index (χ0) is 14.4. The molecular formula is C15H28N4. The molecule has 2 heterocycles. The number of hydrogen-bond acceptors (Lipinski definition) is 3. The monoisotopic (exact) mass is 264 g/mol. The molecule has 1 aromatic heterocycles. The summed E-state index contributed by atoms with van der Waals surface area (Å²) in [4.78, 5) is 2.42. The summed E-state index contributed by atoms with van der Waals surface area (Å²) in [6.07, 6.45) is 1.24. The largest absolute Gasteiger partial charge is 0.394 e. The van der Waals surface area contributed by atoms with Crippen molar-refractivity contribution < 1.29 is 0 Å². The summed E-state index contributed by atoms with van der Waals surface area (Å²) in [5.41, 5.74) is 8.41. The van der Waals surface area contributed by atoms with Gasteiger partial charge in [-0.2, -0.15) is 5.10 Å². The molecule has 4 nitrogen and oxygen atoms in total. The summed E-state index contributed by atoms with van der Waals surface area (Å²) in [5.74, 6) is 1.85. The van der Waals surface area contributed by atoms with Crippen molar-refractivity contribution in [2.45, 2.75) is 54.0 Å². The van der Waals surface area contributed by atoms with Gasteiger partial charge < -0.3 is 10.6 Å². The van der Waals surface area contributed by atoms with Gasteiger partial charge in [0.2, 0.25) is 0 Å². The fraction of sp³-hybridized carbons (Fsp3) is 0.800. The predicted molar refractivity (Wildman–Crippen MR) is 81.5 cm³/mol. The Morgan fingerprint density at radius 3 is 2.42 bits per heavy atom. The molecule has 1 aliphatic heterocycles. The first kappa shape index (κ1) is 14.2. The molecule has 2 rings (SSSR count). The number of rotatable bonds is 2. The summed E-state index contributed by atoms with van der Waals surface area (Å²) in [6.45, 7) is 15.5. The van der Waals surface area contributed by atoms with E-state index in [0.29, 0.717) is 11.5 Å². The minimum absolute atomic E-state index is 0.347. The molecule has 0 spiro atoms. The first-order chi connectivity index (χ1) is 8.71. The Balaban J connectivity index is 2.29. The van der Waals surface area contributed by atoms with Crippen molar-refractivity contribution in [2.24, 2.45) is 11.3 Å². The average molecular weight is 264 g/mol. The van der Waals surface area contributed by atoms with Crippen molar-refractivity contribution in [2.75, 3.05) is 23.7 Å². The third-order valence-corrected chi connectivity index (χ3v) is 4.31. The lowest BCUT2D eigenvalue weighted by Gasteiger charge is -2.28. The van der Waals surface area contributed by atoms with E-state index in [1.54, 1.807) is 0 Å². The maximum absolute atomic E-state index is 6.25. The Labute approximate surface area is 117 Å². The van der Waals surface area contributed by atoms with Crippen LogP contribution >= 0.6 is 0 Å². The minimum atomic E-state index is 0.347. The Hall–Kier alpha value is -1.19. The predicted octanol–water partition coefficient (Wildman–Crippen LogP) is 3.23. The van der Waals surface area contributed by atoms with Crippen LogP contribution < -0.4 is 10.6 Å². The molecule has 1 unspecified atom stereocenters. The highest BCUT2D eigenvalue weighted by Gasteiger charge is 2.34. The topological polar surface area (TPSA) is 47.1 Å². The van der Waals surface area contributed by atoms with E-state index in [0.717, 1.165) is 36.2 Å². The number of nitrogens with zero attached hydrogens (tertiary/aromatic N) is 3. The molecule has 0 amide bonds. The standard InChI is InChI=1S/C15H28N4/c1-10(2)19-14(13(16)11(3)17-19)18-8-7-12(9-18)15(4,5)6/h10,12H,7-9,16H2,1-6H3. The van der Waals surface area contributed by atoms with Crippen molar-refractivity contribution in [3.8, 4) is 0 Å². The van der Waals surface area contributed by atoms with Crippen molar-refractivity contribution in [3.63, 3.8) is 0 Å². The Kier molecular flexibility index (Phi) is 3.54. The second-order valence-corrected chi connectivity index (χ2v) is 7.16. The molecule has 0 aromatic carbocycles. The van der Waals surface area contributed by atoms with Crippen LogP contribution in [-0.2, 0) is 0 Å². The number of aromatic nitrogens is 2. The quantitative estimate of drug-likeness (QED) is 0.892. The van der Waals surface area contributed by atoms with E-state index in [1.807, 2.05) is 6.92 Å². The van der Waals surface area contributed by atoms with E-state index < -0.39 is 0 Å². The molecule has 0 aliphatic carbocycles. The highest BCUT2D eigenvalue weighted by atomic mass is 15.4. The van der Waals surface area contributed by atoms with Gasteiger partial charge in [-0.1, -0.05) is 20.8 Å². The third-order valence-electron chi connectivity index (χ3n) is 4.31. The van der Waals surface area contributed by atoms with E-state index in [4.69, 9.17) is 5.73 Å². The second kappa shape index (κ2) is 4.73. The van der Waals surface area contributed by atoms with Gasteiger partial charge in [-0.25, -0.2) is 4.68 Å². The number of anilines is 2. The summed E-state index contributed by atoms with van der Waals surface area (Å²) >= 11 is 0. The lowest BCUT2D eigenvalue weighted by Crippen LogP contribution is -2.28. The Bertz CT molecular complexity index is 453. The SMILES string of the molecule is Cc1nn(C(C)C)c(N2CCC(C(C)(C)C)C2)c1N. The molecule has 0 saturated carbocycles. The molecule has 1 fully saturated rings. The fourth-order valence-electron chi connectivity index (χ4n) is 2.88. The molecule has 0 radical (unpaired) electrons. The van der Waals surface area contributed by atoms with E-state index in [1.165, 1.54) is 6.42 Å². The number of aryl methyl sites for hydroxylation is 1. The van der Waals surface area contributed by atoms with Crippen LogP contribution in [0.1, 0.15) is 52.8 Å². The smallest absolute Gasteiger partial charge is 0.150 e. The maximum atomic E-state index is 6.25. The normalized spacial score (nSPS) is 20.6. The van der Waals surface area contributed by atoms with Crippen LogP contribution in [0.3, 0.4) is 0 Å². The van der Waals surface area contributed by atoms with Crippen LogP contribution in [0.4, 0.5) is 11.5 Å². The van der Waals surface area contributed by atoms with Gasteiger partial charge in [-0.05, 0) is 38.5 Å². The van der Waals surface area contributed by atoms with Crippen molar-refractivity contribution in [1.82, 2.24) is 9.78 Å². The van der Waals surface area contributed by atoms with Crippen molar-refractivity contribution in [3.05, 3.63) is 5.69 Å². The molecule has 1 aliphatic rings. The molecule has 19 heavy (non-hydrogen) atoms. The molecule has 4 heteroatoms. The molecule has 2 N–H and O–H groups in total. The van der Waals surface area contributed by atoms with Crippen LogP contribution in [0.15, 0.2) is 0 Å².